The number of rotatable bonds is 1. The van der Waals surface area contributed by atoms with Gasteiger partial charge in [0.15, 0.2) is 5.06 Å². The zero-order valence-corrected chi connectivity index (χ0v) is 8.43. The molecule has 1 aliphatic rings. The molecule has 0 saturated carbocycles. The highest BCUT2D eigenvalue weighted by atomic mass is 32.1. The summed E-state index contributed by atoms with van der Waals surface area (Å²) in [7, 11) is 0. The normalized spacial score (nSPS) is 19.2. The number of nitrogens with zero attached hydrogens (tertiary/aromatic N) is 1. The van der Waals surface area contributed by atoms with Crippen molar-refractivity contribution in [2.75, 3.05) is 13.2 Å². The number of ether oxygens (including phenoxy) is 1. The first-order valence-corrected chi connectivity index (χ1v) is 5.33. The molecule has 0 bridgehead atoms. The van der Waals surface area contributed by atoms with Crippen molar-refractivity contribution in [1.82, 2.24) is 4.98 Å². The van der Waals surface area contributed by atoms with Crippen molar-refractivity contribution in [3.05, 3.63) is 10.7 Å². The quantitative estimate of drug-likeness (QED) is 0.752. The summed E-state index contributed by atoms with van der Waals surface area (Å²) in [6, 6.07) is 0. The summed E-state index contributed by atoms with van der Waals surface area (Å²) in [5.74, 6) is 0.498. The summed E-state index contributed by atoms with van der Waals surface area (Å²) in [4.78, 5) is 4.35. The van der Waals surface area contributed by atoms with Crippen molar-refractivity contribution in [2.45, 2.75) is 25.7 Å². The van der Waals surface area contributed by atoms with Crippen LogP contribution in [-0.2, 0) is 4.74 Å². The van der Waals surface area contributed by atoms with Crippen molar-refractivity contribution in [3.63, 3.8) is 0 Å². The number of aromatic nitrogens is 1. The van der Waals surface area contributed by atoms with E-state index in [4.69, 9.17) is 4.74 Å². The molecule has 72 valence electrons. The molecule has 4 heteroatoms. The molecule has 3 nitrogen and oxygen atoms in total. The summed E-state index contributed by atoms with van der Waals surface area (Å²) in [5, 5.41) is 10.8. The second kappa shape index (κ2) is 3.64. The summed E-state index contributed by atoms with van der Waals surface area (Å²) < 4.78 is 5.27. The standard InChI is InChI=1S/C9H13NO2S/c1-6-9(11)13-8(10-6)7-2-4-12-5-3-7/h7,11H,2-5H2,1H3. The van der Waals surface area contributed by atoms with Gasteiger partial charge in [0, 0.05) is 19.1 Å². The Kier molecular flexibility index (Phi) is 2.51. The van der Waals surface area contributed by atoms with E-state index in [-0.39, 0.29) is 0 Å². The van der Waals surface area contributed by atoms with Crippen LogP contribution in [0.3, 0.4) is 0 Å². The maximum absolute atomic E-state index is 9.40. The molecule has 0 spiro atoms. The summed E-state index contributed by atoms with van der Waals surface area (Å²) in [6.45, 7) is 3.49. The third-order valence-electron chi connectivity index (χ3n) is 2.36. The Morgan fingerprint density at radius 1 is 1.46 bits per heavy atom. The maximum atomic E-state index is 9.40. The minimum Gasteiger partial charge on any atom is -0.498 e. The Morgan fingerprint density at radius 2 is 2.15 bits per heavy atom. The van der Waals surface area contributed by atoms with Crippen molar-refractivity contribution in [2.24, 2.45) is 0 Å². The molecule has 1 fully saturated rings. The van der Waals surface area contributed by atoms with Crippen LogP contribution in [0.4, 0.5) is 0 Å². The number of hydrogen-bond acceptors (Lipinski definition) is 4. The monoisotopic (exact) mass is 199 g/mol. The van der Waals surface area contributed by atoms with Crippen molar-refractivity contribution in [1.29, 1.82) is 0 Å². The SMILES string of the molecule is Cc1nc(C2CCOCC2)sc1O. The largest absolute Gasteiger partial charge is 0.498 e. The average molecular weight is 199 g/mol. The molecule has 0 amide bonds. The lowest BCUT2D eigenvalue weighted by molar-refractivity contribution is 0.0852. The lowest BCUT2D eigenvalue weighted by atomic mass is 10.0. The second-order valence-electron chi connectivity index (χ2n) is 3.33. The van der Waals surface area contributed by atoms with Gasteiger partial charge in [-0.05, 0) is 19.8 Å². The van der Waals surface area contributed by atoms with Gasteiger partial charge in [-0.2, -0.15) is 0 Å². The maximum Gasteiger partial charge on any atom is 0.194 e. The smallest absolute Gasteiger partial charge is 0.194 e. The van der Waals surface area contributed by atoms with Crippen LogP contribution in [0.2, 0.25) is 0 Å². The molecule has 1 N–H and O–H groups in total. The average Bonchev–Trinajstić information content (AvgIpc) is 2.49. The lowest BCUT2D eigenvalue weighted by Gasteiger charge is -2.19. The van der Waals surface area contributed by atoms with Crippen molar-refractivity contribution in [3.8, 4) is 5.06 Å². The highest BCUT2D eigenvalue weighted by Gasteiger charge is 2.20. The zero-order chi connectivity index (χ0) is 9.26. The van der Waals surface area contributed by atoms with E-state index in [9.17, 15) is 5.11 Å². The highest BCUT2D eigenvalue weighted by Crippen LogP contribution is 2.34. The minimum atomic E-state index is 0.362. The Hall–Kier alpha value is -0.610. The molecule has 1 aromatic heterocycles. The predicted octanol–water partition coefficient (Wildman–Crippen LogP) is 2.05. The molecule has 0 radical (unpaired) electrons. The molecular formula is C9H13NO2S. The van der Waals surface area contributed by atoms with Crippen LogP contribution in [0.25, 0.3) is 0 Å². The third-order valence-corrected chi connectivity index (χ3v) is 3.48. The Labute approximate surface area is 81.4 Å². The van der Waals surface area contributed by atoms with Gasteiger partial charge < -0.3 is 9.84 Å². The van der Waals surface area contributed by atoms with Crippen LogP contribution < -0.4 is 0 Å². The summed E-state index contributed by atoms with van der Waals surface area (Å²) in [5.41, 5.74) is 0.756. The van der Waals surface area contributed by atoms with Gasteiger partial charge >= 0.3 is 0 Å². The number of aryl methyl sites for hydroxylation is 1. The first-order chi connectivity index (χ1) is 6.27. The van der Waals surface area contributed by atoms with Crippen LogP contribution in [0.15, 0.2) is 0 Å². The van der Waals surface area contributed by atoms with E-state index >= 15 is 0 Å². The molecule has 13 heavy (non-hydrogen) atoms. The van der Waals surface area contributed by atoms with Gasteiger partial charge in [0.1, 0.15) is 0 Å². The van der Waals surface area contributed by atoms with Gasteiger partial charge in [0.25, 0.3) is 0 Å². The molecule has 0 aromatic carbocycles. The van der Waals surface area contributed by atoms with E-state index in [2.05, 4.69) is 4.98 Å². The fourth-order valence-electron chi connectivity index (χ4n) is 1.53. The molecule has 1 aromatic rings. The molecule has 1 saturated heterocycles. The number of hydrogen-bond donors (Lipinski definition) is 1. The van der Waals surface area contributed by atoms with E-state index in [1.807, 2.05) is 6.92 Å². The third kappa shape index (κ3) is 1.84. The van der Waals surface area contributed by atoms with Gasteiger partial charge in [0.2, 0.25) is 0 Å². The Bertz CT molecular complexity index is 272. The topological polar surface area (TPSA) is 42.4 Å². The van der Waals surface area contributed by atoms with E-state index in [1.165, 1.54) is 11.3 Å². The van der Waals surface area contributed by atoms with Gasteiger partial charge in [-0.3, -0.25) is 0 Å². The highest BCUT2D eigenvalue weighted by molar-refractivity contribution is 7.13. The molecule has 0 atom stereocenters. The molecular weight excluding hydrogens is 186 g/mol. The van der Waals surface area contributed by atoms with Gasteiger partial charge in [-0.25, -0.2) is 4.98 Å². The van der Waals surface area contributed by atoms with E-state index in [0.29, 0.717) is 11.0 Å². The predicted molar refractivity (Wildman–Crippen MR) is 51.3 cm³/mol. The molecule has 1 aliphatic heterocycles. The van der Waals surface area contributed by atoms with Crippen LogP contribution in [0.1, 0.15) is 29.5 Å². The zero-order valence-electron chi connectivity index (χ0n) is 7.62. The molecule has 0 aliphatic carbocycles. The van der Waals surface area contributed by atoms with Crippen LogP contribution in [0.5, 0.6) is 5.06 Å². The van der Waals surface area contributed by atoms with Gasteiger partial charge in [0.05, 0.1) is 10.7 Å². The minimum absolute atomic E-state index is 0.362. The second-order valence-corrected chi connectivity index (χ2v) is 4.34. The fourth-order valence-corrected chi connectivity index (χ4v) is 2.50. The lowest BCUT2D eigenvalue weighted by Crippen LogP contribution is -2.13. The van der Waals surface area contributed by atoms with Crippen molar-refractivity contribution < 1.29 is 9.84 Å². The molecule has 0 unspecified atom stereocenters. The number of aromatic hydroxyl groups is 1. The first kappa shape index (κ1) is 8.97. The summed E-state index contributed by atoms with van der Waals surface area (Å²) >= 11 is 1.41. The van der Waals surface area contributed by atoms with Crippen LogP contribution in [-0.4, -0.2) is 23.3 Å². The van der Waals surface area contributed by atoms with Gasteiger partial charge in [-0.1, -0.05) is 11.3 Å². The van der Waals surface area contributed by atoms with Crippen molar-refractivity contribution >= 4 is 11.3 Å². The van der Waals surface area contributed by atoms with Gasteiger partial charge in [-0.15, -0.1) is 0 Å². The first-order valence-electron chi connectivity index (χ1n) is 4.51. The molecule has 2 heterocycles. The Morgan fingerprint density at radius 3 is 2.69 bits per heavy atom. The van der Waals surface area contributed by atoms with E-state index in [1.54, 1.807) is 0 Å². The fraction of sp³-hybridized carbons (Fsp3) is 0.667. The van der Waals surface area contributed by atoms with E-state index in [0.717, 1.165) is 36.8 Å². The molecule has 2 rings (SSSR count). The van der Waals surface area contributed by atoms with Crippen LogP contribution in [0, 0.1) is 6.92 Å². The van der Waals surface area contributed by atoms with Crippen LogP contribution >= 0.6 is 11.3 Å². The summed E-state index contributed by atoms with van der Waals surface area (Å²) in [6.07, 6.45) is 2.07. The Balaban J connectivity index is 2.14. The van der Waals surface area contributed by atoms with E-state index < -0.39 is 0 Å². The number of thiazole rings is 1.